The molecule has 1 saturated heterocycles. The molecule has 2 unspecified atom stereocenters. The molecule has 1 aromatic carbocycles. The van der Waals surface area contributed by atoms with Crippen LogP contribution in [-0.2, 0) is 11.2 Å². The summed E-state index contributed by atoms with van der Waals surface area (Å²) < 4.78 is 6.74. The van der Waals surface area contributed by atoms with Gasteiger partial charge in [-0.25, -0.2) is 0 Å². The van der Waals surface area contributed by atoms with E-state index >= 15 is 0 Å². The van der Waals surface area contributed by atoms with Crippen LogP contribution in [0.4, 0.5) is 0 Å². The van der Waals surface area contributed by atoms with Gasteiger partial charge in [0.2, 0.25) is 0 Å². The van der Waals surface area contributed by atoms with Gasteiger partial charge >= 0.3 is 0 Å². The van der Waals surface area contributed by atoms with Gasteiger partial charge in [-0.05, 0) is 43.4 Å². The summed E-state index contributed by atoms with van der Waals surface area (Å²) in [6, 6.07) is 6.60. The molecule has 82 valence electrons. The van der Waals surface area contributed by atoms with Crippen LogP contribution in [-0.4, -0.2) is 12.2 Å². The Kier molecular flexibility index (Phi) is 3.47. The van der Waals surface area contributed by atoms with Crippen LogP contribution in [0.25, 0.3) is 0 Å². The highest BCUT2D eigenvalue weighted by Crippen LogP contribution is 2.29. The molecule has 1 aliphatic rings. The van der Waals surface area contributed by atoms with Crippen molar-refractivity contribution < 1.29 is 4.74 Å². The predicted molar refractivity (Wildman–Crippen MR) is 66.2 cm³/mol. The Balaban J connectivity index is 1.86. The summed E-state index contributed by atoms with van der Waals surface area (Å²) in [5, 5.41) is 0. The zero-order valence-electron chi connectivity index (χ0n) is 9.29. The van der Waals surface area contributed by atoms with Gasteiger partial charge in [-0.1, -0.05) is 35.0 Å². The van der Waals surface area contributed by atoms with E-state index in [0.717, 1.165) is 19.3 Å². The number of hydrogen-bond donors (Lipinski definition) is 0. The molecule has 0 amide bonds. The summed E-state index contributed by atoms with van der Waals surface area (Å²) in [4.78, 5) is 0. The van der Waals surface area contributed by atoms with Gasteiger partial charge in [0, 0.05) is 4.47 Å². The van der Waals surface area contributed by atoms with Crippen molar-refractivity contribution in [2.45, 2.75) is 45.3 Å². The highest BCUT2D eigenvalue weighted by Gasteiger charge is 2.35. The van der Waals surface area contributed by atoms with Crippen LogP contribution in [0, 0.1) is 6.92 Å². The van der Waals surface area contributed by atoms with E-state index in [9.17, 15) is 0 Å². The first-order valence-electron chi connectivity index (χ1n) is 5.61. The number of benzene rings is 1. The van der Waals surface area contributed by atoms with E-state index in [0.29, 0.717) is 12.2 Å². The Hall–Kier alpha value is -0.340. The maximum atomic E-state index is 5.53. The molecular formula is C13H17BrO. The third-order valence-corrected chi connectivity index (χ3v) is 3.90. The summed E-state index contributed by atoms with van der Waals surface area (Å²) in [7, 11) is 0. The molecule has 1 nitrogen and oxygen atoms in total. The summed E-state index contributed by atoms with van der Waals surface area (Å²) in [5.41, 5.74) is 2.70. The summed E-state index contributed by atoms with van der Waals surface area (Å²) >= 11 is 3.56. The van der Waals surface area contributed by atoms with E-state index in [1.54, 1.807) is 0 Å². The lowest BCUT2D eigenvalue weighted by Crippen LogP contribution is -1.95. The molecule has 15 heavy (non-hydrogen) atoms. The average Bonchev–Trinajstić information content (AvgIpc) is 2.98. The first-order chi connectivity index (χ1) is 7.20. The second-order valence-corrected chi connectivity index (χ2v) is 5.10. The lowest BCUT2D eigenvalue weighted by atomic mass is 10.1. The first-order valence-corrected chi connectivity index (χ1v) is 6.40. The maximum absolute atomic E-state index is 5.53. The van der Waals surface area contributed by atoms with Gasteiger partial charge in [0.25, 0.3) is 0 Å². The molecule has 0 N–H and O–H groups in total. The largest absolute Gasteiger partial charge is 0.370 e. The lowest BCUT2D eigenvalue weighted by molar-refractivity contribution is 0.360. The minimum Gasteiger partial charge on any atom is -0.370 e. The molecular weight excluding hydrogens is 252 g/mol. The van der Waals surface area contributed by atoms with Crippen LogP contribution in [0.1, 0.15) is 30.9 Å². The summed E-state index contributed by atoms with van der Waals surface area (Å²) in [5.74, 6) is 0. The lowest BCUT2D eigenvalue weighted by Gasteiger charge is -2.02. The Morgan fingerprint density at radius 1 is 1.33 bits per heavy atom. The fraction of sp³-hybridized carbons (Fsp3) is 0.538. The zero-order chi connectivity index (χ0) is 10.8. The van der Waals surface area contributed by atoms with Crippen LogP contribution in [0.2, 0.25) is 0 Å². The van der Waals surface area contributed by atoms with Crippen molar-refractivity contribution in [3.63, 3.8) is 0 Å². The molecule has 0 aromatic heterocycles. The third-order valence-electron chi connectivity index (χ3n) is 3.04. The normalized spacial score (nSPS) is 24.2. The standard InChI is InChI=1S/C13H17BrO/c1-3-12-13(15-12)7-6-10-5-4-9(2)11(14)8-10/h4-5,8,12-13H,3,6-7H2,1-2H3. The third kappa shape index (κ3) is 2.82. The van der Waals surface area contributed by atoms with Crippen molar-refractivity contribution in [2.75, 3.05) is 0 Å². The predicted octanol–water partition coefficient (Wildman–Crippen LogP) is 3.87. The fourth-order valence-corrected chi connectivity index (χ4v) is 2.32. The summed E-state index contributed by atoms with van der Waals surface area (Å²) in [6.07, 6.45) is 4.50. The minimum atomic E-state index is 0.523. The molecule has 2 rings (SSSR count). The molecule has 0 aliphatic carbocycles. The van der Waals surface area contributed by atoms with Crippen molar-refractivity contribution in [2.24, 2.45) is 0 Å². The van der Waals surface area contributed by atoms with Gasteiger partial charge in [0.1, 0.15) is 0 Å². The monoisotopic (exact) mass is 268 g/mol. The fourth-order valence-electron chi connectivity index (χ4n) is 1.89. The second-order valence-electron chi connectivity index (χ2n) is 4.24. The number of epoxide rings is 1. The number of aryl methyl sites for hydroxylation is 2. The zero-order valence-corrected chi connectivity index (χ0v) is 10.9. The molecule has 0 bridgehead atoms. The van der Waals surface area contributed by atoms with E-state index in [1.165, 1.54) is 15.6 Å². The van der Waals surface area contributed by atoms with E-state index in [1.807, 2.05) is 0 Å². The van der Waals surface area contributed by atoms with Crippen molar-refractivity contribution >= 4 is 15.9 Å². The Morgan fingerprint density at radius 3 is 2.73 bits per heavy atom. The van der Waals surface area contributed by atoms with Crippen molar-refractivity contribution in [3.8, 4) is 0 Å². The van der Waals surface area contributed by atoms with Gasteiger partial charge < -0.3 is 4.74 Å². The number of hydrogen-bond acceptors (Lipinski definition) is 1. The minimum absolute atomic E-state index is 0.523. The van der Waals surface area contributed by atoms with Crippen molar-refractivity contribution in [1.82, 2.24) is 0 Å². The molecule has 2 atom stereocenters. The molecule has 0 spiro atoms. The SMILES string of the molecule is CCC1OC1CCc1ccc(C)c(Br)c1. The van der Waals surface area contributed by atoms with Crippen molar-refractivity contribution in [3.05, 3.63) is 33.8 Å². The summed E-state index contributed by atoms with van der Waals surface area (Å²) in [6.45, 7) is 4.30. The Morgan fingerprint density at radius 2 is 2.13 bits per heavy atom. The molecule has 1 aromatic rings. The van der Waals surface area contributed by atoms with E-state index < -0.39 is 0 Å². The van der Waals surface area contributed by atoms with Gasteiger partial charge in [-0.15, -0.1) is 0 Å². The van der Waals surface area contributed by atoms with E-state index in [-0.39, 0.29) is 0 Å². The van der Waals surface area contributed by atoms with Gasteiger partial charge in [-0.3, -0.25) is 0 Å². The molecule has 2 heteroatoms. The number of rotatable bonds is 4. The molecule has 1 fully saturated rings. The molecule has 0 radical (unpaired) electrons. The average molecular weight is 269 g/mol. The molecule has 0 saturated carbocycles. The Labute approximate surface area is 100.0 Å². The number of halogens is 1. The van der Waals surface area contributed by atoms with Gasteiger partial charge in [-0.2, -0.15) is 0 Å². The highest BCUT2D eigenvalue weighted by atomic mass is 79.9. The first kappa shape index (κ1) is 11.2. The molecule has 1 aliphatic heterocycles. The van der Waals surface area contributed by atoms with Crippen LogP contribution < -0.4 is 0 Å². The maximum Gasteiger partial charge on any atom is 0.0845 e. The quantitative estimate of drug-likeness (QED) is 0.756. The van der Waals surface area contributed by atoms with E-state index in [2.05, 4.69) is 48.0 Å². The topological polar surface area (TPSA) is 12.5 Å². The van der Waals surface area contributed by atoms with E-state index in [4.69, 9.17) is 4.74 Å². The Bertz CT molecular complexity index is 348. The van der Waals surface area contributed by atoms with Gasteiger partial charge in [0.15, 0.2) is 0 Å². The van der Waals surface area contributed by atoms with Crippen LogP contribution in [0.5, 0.6) is 0 Å². The van der Waals surface area contributed by atoms with Gasteiger partial charge in [0.05, 0.1) is 12.2 Å². The number of ether oxygens (including phenoxy) is 1. The highest BCUT2D eigenvalue weighted by molar-refractivity contribution is 9.10. The molecule has 1 heterocycles. The smallest absolute Gasteiger partial charge is 0.0845 e. The van der Waals surface area contributed by atoms with Crippen LogP contribution in [0.15, 0.2) is 22.7 Å². The van der Waals surface area contributed by atoms with Crippen molar-refractivity contribution in [1.29, 1.82) is 0 Å². The van der Waals surface area contributed by atoms with Crippen LogP contribution >= 0.6 is 15.9 Å². The second kappa shape index (κ2) is 4.67. The van der Waals surface area contributed by atoms with Crippen LogP contribution in [0.3, 0.4) is 0 Å².